The first-order chi connectivity index (χ1) is 16.6. The summed E-state index contributed by atoms with van der Waals surface area (Å²) in [4.78, 5) is 0. The van der Waals surface area contributed by atoms with E-state index < -0.39 is 0 Å². The highest BCUT2D eigenvalue weighted by molar-refractivity contribution is 5.84. The number of nitrogens with one attached hydrogen (secondary N) is 1. The maximum absolute atomic E-state index is 10.6. The molecule has 0 atom stereocenters. The maximum atomic E-state index is 10.6. The van der Waals surface area contributed by atoms with E-state index in [4.69, 9.17) is 14.2 Å². The third kappa shape index (κ3) is 4.57. The van der Waals surface area contributed by atoms with E-state index in [9.17, 15) is 5.11 Å². The second kappa shape index (κ2) is 9.51. The molecule has 5 rings (SSSR count). The summed E-state index contributed by atoms with van der Waals surface area (Å²) in [5.74, 6) is 2.77. The smallest absolute Gasteiger partial charge is 0.161 e. The molecular weight excluding hydrogens is 428 g/mol. The lowest BCUT2D eigenvalue weighted by Gasteiger charge is -2.12. The molecular formula is C28H28N2O4. The van der Waals surface area contributed by atoms with Gasteiger partial charge in [0.25, 0.3) is 0 Å². The lowest BCUT2D eigenvalue weighted by molar-refractivity contribution is 0.297. The minimum absolute atomic E-state index is 0.158. The standard InChI is InChI=1S/C28H28N2O4/c1-18(2)20-6-4-19(5-7-20)17-34-22-9-10-25(31)23(15-22)24-16-29-30-28(24)21-8-11-26-27(14-21)33-13-3-12-32-26/h4-11,14-16,18,31H,3,12-13,17H2,1-2H3,(H,29,30). The van der Waals surface area contributed by atoms with E-state index in [1.807, 2.05) is 24.3 Å². The molecule has 0 bridgehead atoms. The Morgan fingerprint density at radius 2 is 1.74 bits per heavy atom. The topological polar surface area (TPSA) is 76.6 Å². The van der Waals surface area contributed by atoms with Gasteiger partial charge < -0.3 is 19.3 Å². The minimum atomic E-state index is 0.158. The number of hydrogen-bond acceptors (Lipinski definition) is 5. The molecule has 3 aromatic carbocycles. The molecule has 0 amide bonds. The van der Waals surface area contributed by atoms with Crippen LogP contribution in [0.1, 0.15) is 37.3 Å². The first-order valence-electron chi connectivity index (χ1n) is 11.6. The fourth-order valence-corrected chi connectivity index (χ4v) is 4.02. The number of aromatic hydroxyl groups is 1. The van der Waals surface area contributed by atoms with E-state index in [-0.39, 0.29) is 5.75 Å². The van der Waals surface area contributed by atoms with E-state index in [2.05, 4.69) is 48.3 Å². The van der Waals surface area contributed by atoms with Crippen molar-refractivity contribution in [2.45, 2.75) is 32.8 Å². The van der Waals surface area contributed by atoms with Crippen LogP contribution in [0.2, 0.25) is 0 Å². The molecule has 34 heavy (non-hydrogen) atoms. The summed E-state index contributed by atoms with van der Waals surface area (Å²) in [5, 5.41) is 17.9. The third-order valence-electron chi connectivity index (χ3n) is 5.99. The number of phenols is 1. The fourth-order valence-electron chi connectivity index (χ4n) is 4.02. The van der Waals surface area contributed by atoms with Crippen molar-refractivity contribution in [1.29, 1.82) is 0 Å². The van der Waals surface area contributed by atoms with Gasteiger partial charge in [-0.05, 0) is 53.4 Å². The largest absolute Gasteiger partial charge is 0.507 e. The molecule has 0 spiro atoms. The van der Waals surface area contributed by atoms with E-state index in [1.54, 1.807) is 18.3 Å². The van der Waals surface area contributed by atoms with Gasteiger partial charge in [-0.25, -0.2) is 0 Å². The molecule has 1 aromatic heterocycles. The van der Waals surface area contributed by atoms with E-state index in [0.717, 1.165) is 34.6 Å². The molecule has 4 aromatic rings. The Kier molecular flexibility index (Phi) is 6.12. The van der Waals surface area contributed by atoms with Crippen molar-refractivity contribution in [2.24, 2.45) is 0 Å². The number of nitrogens with zero attached hydrogens (tertiary/aromatic N) is 1. The lowest BCUT2D eigenvalue weighted by Crippen LogP contribution is -1.97. The normalized spacial score (nSPS) is 13.0. The highest BCUT2D eigenvalue weighted by Crippen LogP contribution is 2.40. The Bertz CT molecular complexity index is 1280. The van der Waals surface area contributed by atoms with Crippen LogP contribution in [0, 0.1) is 0 Å². The number of fused-ring (bicyclic) bond motifs is 1. The van der Waals surface area contributed by atoms with Gasteiger partial charge in [0.15, 0.2) is 11.5 Å². The molecule has 6 heteroatoms. The Hall–Kier alpha value is -3.93. The van der Waals surface area contributed by atoms with Crippen LogP contribution >= 0.6 is 0 Å². The second-order valence-corrected chi connectivity index (χ2v) is 8.73. The van der Waals surface area contributed by atoms with Gasteiger partial charge in [0.2, 0.25) is 0 Å². The predicted molar refractivity (Wildman–Crippen MR) is 132 cm³/mol. The average molecular weight is 457 g/mol. The second-order valence-electron chi connectivity index (χ2n) is 8.73. The molecule has 0 unspecified atom stereocenters. The Morgan fingerprint density at radius 3 is 2.53 bits per heavy atom. The molecule has 1 aliphatic heterocycles. The average Bonchev–Trinajstić information content (AvgIpc) is 3.22. The molecule has 0 fully saturated rings. The van der Waals surface area contributed by atoms with Crippen LogP contribution in [0.3, 0.4) is 0 Å². The summed E-state index contributed by atoms with van der Waals surface area (Å²) < 4.78 is 17.6. The molecule has 0 saturated heterocycles. The van der Waals surface area contributed by atoms with Crippen molar-refractivity contribution in [3.63, 3.8) is 0 Å². The Labute approximate surface area is 199 Å². The van der Waals surface area contributed by atoms with Crippen LogP contribution in [0.4, 0.5) is 0 Å². The van der Waals surface area contributed by atoms with Crippen molar-refractivity contribution in [1.82, 2.24) is 10.2 Å². The van der Waals surface area contributed by atoms with E-state index in [1.165, 1.54) is 5.56 Å². The summed E-state index contributed by atoms with van der Waals surface area (Å²) in [6.07, 6.45) is 2.56. The quantitative estimate of drug-likeness (QED) is 0.355. The number of benzene rings is 3. The van der Waals surface area contributed by atoms with Crippen LogP contribution in [0.15, 0.2) is 66.9 Å². The van der Waals surface area contributed by atoms with Crippen LogP contribution in [0.25, 0.3) is 22.4 Å². The Balaban J connectivity index is 1.39. The number of H-pyrrole nitrogens is 1. The number of ether oxygens (including phenoxy) is 3. The van der Waals surface area contributed by atoms with Crippen molar-refractivity contribution >= 4 is 0 Å². The first-order valence-corrected chi connectivity index (χ1v) is 11.6. The minimum Gasteiger partial charge on any atom is -0.507 e. The molecule has 0 saturated carbocycles. The molecule has 2 N–H and O–H groups in total. The summed E-state index contributed by atoms with van der Waals surface area (Å²) in [7, 11) is 0. The van der Waals surface area contributed by atoms with Gasteiger partial charge in [0, 0.05) is 23.1 Å². The number of aromatic nitrogens is 2. The third-order valence-corrected chi connectivity index (χ3v) is 5.99. The van der Waals surface area contributed by atoms with Gasteiger partial charge in [-0.1, -0.05) is 38.1 Å². The van der Waals surface area contributed by atoms with Gasteiger partial charge in [-0.2, -0.15) is 5.10 Å². The molecule has 1 aliphatic rings. The van der Waals surface area contributed by atoms with Crippen LogP contribution in [0.5, 0.6) is 23.0 Å². The van der Waals surface area contributed by atoms with Crippen molar-refractivity contribution in [3.05, 3.63) is 78.0 Å². The molecule has 6 nitrogen and oxygen atoms in total. The zero-order valence-electron chi connectivity index (χ0n) is 19.4. The molecule has 0 aliphatic carbocycles. The number of phenolic OH excluding ortho intramolecular Hbond substituents is 1. The van der Waals surface area contributed by atoms with Gasteiger partial charge in [-0.3, -0.25) is 5.10 Å². The van der Waals surface area contributed by atoms with Crippen LogP contribution in [-0.4, -0.2) is 28.5 Å². The summed E-state index contributed by atoms with van der Waals surface area (Å²) in [6, 6.07) is 19.5. The summed E-state index contributed by atoms with van der Waals surface area (Å²) >= 11 is 0. The van der Waals surface area contributed by atoms with Gasteiger partial charge in [0.1, 0.15) is 18.1 Å². The summed E-state index contributed by atoms with van der Waals surface area (Å²) in [5.41, 5.74) is 5.50. The first kappa shape index (κ1) is 21.9. The summed E-state index contributed by atoms with van der Waals surface area (Å²) in [6.45, 7) is 6.07. The lowest BCUT2D eigenvalue weighted by atomic mass is 10.0. The van der Waals surface area contributed by atoms with Crippen molar-refractivity contribution in [2.75, 3.05) is 13.2 Å². The highest BCUT2D eigenvalue weighted by Gasteiger charge is 2.17. The zero-order chi connectivity index (χ0) is 23.5. The van der Waals surface area contributed by atoms with E-state index >= 15 is 0 Å². The van der Waals surface area contributed by atoms with Crippen LogP contribution in [-0.2, 0) is 6.61 Å². The number of hydrogen-bond donors (Lipinski definition) is 2. The fraction of sp³-hybridized carbons (Fsp3) is 0.250. The van der Waals surface area contributed by atoms with Gasteiger partial charge in [0.05, 0.1) is 25.1 Å². The molecule has 174 valence electrons. The van der Waals surface area contributed by atoms with Gasteiger partial charge >= 0.3 is 0 Å². The Morgan fingerprint density at radius 1 is 0.941 bits per heavy atom. The highest BCUT2D eigenvalue weighted by atomic mass is 16.5. The van der Waals surface area contributed by atoms with Crippen molar-refractivity contribution < 1.29 is 19.3 Å². The molecule has 2 heterocycles. The van der Waals surface area contributed by atoms with Crippen LogP contribution < -0.4 is 14.2 Å². The zero-order valence-corrected chi connectivity index (χ0v) is 19.4. The van der Waals surface area contributed by atoms with Gasteiger partial charge in [-0.15, -0.1) is 0 Å². The van der Waals surface area contributed by atoms with Crippen molar-refractivity contribution in [3.8, 4) is 45.4 Å². The maximum Gasteiger partial charge on any atom is 0.161 e. The number of rotatable bonds is 6. The van der Waals surface area contributed by atoms with E-state index in [0.29, 0.717) is 42.8 Å². The molecule has 0 radical (unpaired) electrons. The predicted octanol–water partition coefficient (Wildman–Crippen LogP) is 6.31. The number of aromatic amines is 1. The monoisotopic (exact) mass is 456 g/mol. The SMILES string of the molecule is CC(C)c1ccc(COc2ccc(O)c(-c3cn[nH]c3-c3ccc4c(c3)OCCCO4)c2)cc1.